The van der Waals surface area contributed by atoms with Crippen molar-refractivity contribution in [1.29, 1.82) is 0 Å². The Morgan fingerprint density at radius 2 is 1.95 bits per heavy atom. The van der Waals surface area contributed by atoms with Crippen molar-refractivity contribution < 1.29 is 10.2 Å². The molecule has 2 unspecified atom stereocenters. The number of hydrogen-bond donors (Lipinski definition) is 2. The van der Waals surface area contributed by atoms with Gasteiger partial charge in [-0.05, 0) is 24.7 Å². The lowest BCUT2D eigenvalue weighted by Gasteiger charge is -2.29. The molecule has 0 radical (unpaired) electrons. The van der Waals surface area contributed by atoms with E-state index in [-0.39, 0.29) is 5.92 Å². The first-order valence-electron chi connectivity index (χ1n) is 7.80. The molecule has 1 aliphatic carbocycles. The molecule has 20 heavy (non-hydrogen) atoms. The average Bonchev–Trinajstić information content (AvgIpc) is 2.85. The molecule has 1 aromatic heterocycles. The molecule has 5 heteroatoms. The molecule has 0 amide bonds. The van der Waals surface area contributed by atoms with Crippen molar-refractivity contribution >= 4 is 0 Å². The number of aliphatic hydroxyl groups is 2. The third-order valence-electron chi connectivity index (χ3n) is 4.15. The summed E-state index contributed by atoms with van der Waals surface area (Å²) in [5, 5.41) is 24.8. The van der Waals surface area contributed by atoms with Crippen LogP contribution in [0.5, 0.6) is 0 Å². The molecule has 1 aliphatic rings. The minimum absolute atomic E-state index is 0.236. The van der Waals surface area contributed by atoms with Gasteiger partial charge < -0.3 is 10.2 Å². The van der Waals surface area contributed by atoms with Crippen LogP contribution in [0.4, 0.5) is 0 Å². The summed E-state index contributed by atoms with van der Waals surface area (Å²) in [7, 11) is 0. The summed E-state index contributed by atoms with van der Waals surface area (Å²) < 4.78 is 1.83. The smallest absolute Gasteiger partial charge is 0.138 e. The van der Waals surface area contributed by atoms with E-state index in [1.807, 2.05) is 4.68 Å². The van der Waals surface area contributed by atoms with E-state index in [0.29, 0.717) is 12.3 Å². The van der Waals surface area contributed by atoms with Gasteiger partial charge in [0.2, 0.25) is 0 Å². The van der Waals surface area contributed by atoms with Crippen molar-refractivity contribution in [3.05, 3.63) is 12.2 Å². The summed E-state index contributed by atoms with van der Waals surface area (Å²) in [6, 6.07) is 0. The van der Waals surface area contributed by atoms with Crippen LogP contribution < -0.4 is 0 Å². The molecular weight excluding hydrogens is 254 g/mol. The zero-order valence-electron chi connectivity index (χ0n) is 12.6. The number of aliphatic hydroxyl groups excluding tert-OH is 2. The molecule has 0 spiro atoms. The highest BCUT2D eigenvalue weighted by Gasteiger charge is 2.28. The monoisotopic (exact) mass is 281 g/mol. The van der Waals surface area contributed by atoms with Gasteiger partial charge in [-0.15, -0.1) is 0 Å². The molecule has 0 bridgehead atoms. The van der Waals surface area contributed by atoms with Crippen molar-refractivity contribution in [1.82, 2.24) is 14.8 Å². The topological polar surface area (TPSA) is 71.2 Å². The highest BCUT2D eigenvalue weighted by Crippen LogP contribution is 2.28. The molecule has 114 valence electrons. The second kappa shape index (κ2) is 7.18. The van der Waals surface area contributed by atoms with Crippen LogP contribution >= 0.6 is 0 Å². The van der Waals surface area contributed by atoms with Crippen LogP contribution in [0.2, 0.25) is 0 Å². The molecular formula is C15H27N3O2. The Labute approximate surface area is 121 Å². The third-order valence-corrected chi connectivity index (χ3v) is 4.15. The molecule has 1 aromatic rings. The summed E-state index contributed by atoms with van der Waals surface area (Å²) in [4.78, 5) is 4.22. The molecule has 2 rings (SSSR count). The first-order chi connectivity index (χ1) is 9.58. The lowest BCUT2D eigenvalue weighted by Crippen LogP contribution is -2.36. The molecule has 2 N–H and O–H groups in total. The molecule has 0 aliphatic heterocycles. The fourth-order valence-electron chi connectivity index (χ4n) is 3.04. The van der Waals surface area contributed by atoms with E-state index in [0.717, 1.165) is 38.1 Å². The van der Waals surface area contributed by atoms with Crippen molar-refractivity contribution in [2.45, 2.75) is 71.1 Å². The van der Waals surface area contributed by atoms with E-state index < -0.39 is 12.2 Å². The second-order valence-corrected chi connectivity index (χ2v) is 6.41. The van der Waals surface area contributed by atoms with E-state index in [1.54, 1.807) is 0 Å². The normalized spacial score (nSPS) is 20.2. The molecule has 1 fully saturated rings. The second-order valence-electron chi connectivity index (χ2n) is 6.41. The lowest BCUT2D eigenvalue weighted by atomic mass is 9.83. The highest BCUT2D eigenvalue weighted by atomic mass is 16.3. The lowest BCUT2D eigenvalue weighted by molar-refractivity contribution is -0.0276. The summed E-state index contributed by atoms with van der Waals surface area (Å²) >= 11 is 0. The number of rotatable bonds is 6. The van der Waals surface area contributed by atoms with Crippen LogP contribution in [0.15, 0.2) is 6.33 Å². The molecule has 1 heterocycles. The van der Waals surface area contributed by atoms with Gasteiger partial charge in [-0.3, -0.25) is 0 Å². The van der Waals surface area contributed by atoms with E-state index in [1.165, 1.54) is 12.7 Å². The minimum Gasteiger partial charge on any atom is -0.390 e. The SMILES string of the molecule is CC(C)Cn1ncnc1CC(O)C(O)C1CCCCC1. The number of nitrogens with zero attached hydrogens (tertiary/aromatic N) is 3. The highest BCUT2D eigenvalue weighted by molar-refractivity contribution is 4.91. The number of hydrogen-bond acceptors (Lipinski definition) is 4. The zero-order chi connectivity index (χ0) is 14.5. The summed E-state index contributed by atoms with van der Waals surface area (Å²) in [5.41, 5.74) is 0. The molecule has 0 saturated heterocycles. The Kier molecular flexibility index (Phi) is 5.54. The van der Waals surface area contributed by atoms with Gasteiger partial charge in [-0.2, -0.15) is 5.10 Å². The van der Waals surface area contributed by atoms with Gasteiger partial charge in [-0.1, -0.05) is 33.1 Å². The van der Waals surface area contributed by atoms with Crippen molar-refractivity contribution in [3.8, 4) is 0 Å². The largest absolute Gasteiger partial charge is 0.390 e. The third kappa shape index (κ3) is 4.03. The van der Waals surface area contributed by atoms with Gasteiger partial charge in [0.15, 0.2) is 0 Å². The van der Waals surface area contributed by atoms with E-state index in [2.05, 4.69) is 23.9 Å². The van der Waals surface area contributed by atoms with Gasteiger partial charge in [-0.25, -0.2) is 9.67 Å². The minimum atomic E-state index is -0.742. The van der Waals surface area contributed by atoms with Crippen LogP contribution in [-0.4, -0.2) is 37.2 Å². The standard InChI is InChI=1S/C15H27N3O2/c1-11(2)9-18-14(16-10-17-18)8-13(19)15(20)12-6-4-3-5-7-12/h10-13,15,19-20H,3-9H2,1-2H3. The Hall–Kier alpha value is -0.940. The molecule has 2 atom stereocenters. The maximum atomic E-state index is 10.3. The van der Waals surface area contributed by atoms with Gasteiger partial charge in [0.25, 0.3) is 0 Å². The van der Waals surface area contributed by atoms with Crippen LogP contribution in [-0.2, 0) is 13.0 Å². The van der Waals surface area contributed by atoms with Crippen LogP contribution in [0, 0.1) is 11.8 Å². The fraction of sp³-hybridized carbons (Fsp3) is 0.867. The Bertz CT molecular complexity index is 400. The summed E-state index contributed by atoms with van der Waals surface area (Å²) in [5.74, 6) is 1.48. The zero-order valence-corrected chi connectivity index (χ0v) is 12.6. The predicted octanol–water partition coefficient (Wildman–Crippen LogP) is 1.78. The molecule has 0 aromatic carbocycles. The first-order valence-corrected chi connectivity index (χ1v) is 7.80. The maximum Gasteiger partial charge on any atom is 0.138 e. The predicted molar refractivity (Wildman–Crippen MR) is 77.2 cm³/mol. The van der Waals surface area contributed by atoms with E-state index >= 15 is 0 Å². The van der Waals surface area contributed by atoms with E-state index in [4.69, 9.17) is 0 Å². The quantitative estimate of drug-likeness (QED) is 0.834. The van der Waals surface area contributed by atoms with E-state index in [9.17, 15) is 10.2 Å². The van der Waals surface area contributed by atoms with Gasteiger partial charge in [0.05, 0.1) is 12.2 Å². The fourth-order valence-corrected chi connectivity index (χ4v) is 3.04. The Morgan fingerprint density at radius 1 is 1.25 bits per heavy atom. The van der Waals surface area contributed by atoms with Gasteiger partial charge >= 0.3 is 0 Å². The molecule has 5 nitrogen and oxygen atoms in total. The molecule has 1 saturated carbocycles. The summed E-state index contributed by atoms with van der Waals surface area (Å²) in [6.45, 7) is 5.04. The van der Waals surface area contributed by atoms with Crippen molar-refractivity contribution in [2.24, 2.45) is 11.8 Å². The first kappa shape index (κ1) is 15.4. The van der Waals surface area contributed by atoms with Gasteiger partial charge in [0.1, 0.15) is 12.2 Å². The number of aromatic nitrogens is 3. The van der Waals surface area contributed by atoms with Crippen LogP contribution in [0.25, 0.3) is 0 Å². The van der Waals surface area contributed by atoms with Crippen LogP contribution in [0.3, 0.4) is 0 Å². The summed E-state index contributed by atoms with van der Waals surface area (Å²) in [6.07, 6.45) is 6.15. The van der Waals surface area contributed by atoms with Gasteiger partial charge in [0, 0.05) is 13.0 Å². The maximum absolute atomic E-state index is 10.3. The average molecular weight is 281 g/mol. The van der Waals surface area contributed by atoms with Crippen molar-refractivity contribution in [3.63, 3.8) is 0 Å². The Morgan fingerprint density at radius 3 is 2.60 bits per heavy atom. The Balaban J connectivity index is 1.93. The van der Waals surface area contributed by atoms with Crippen molar-refractivity contribution in [2.75, 3.05) is 0 Å². The van der Waals surface area contributed by atoms with Crippen LogP contribution in [0.1, 0.15) is 51.8 Å².